The van der Waals surface area contributed by atoms with Crippen molar-refractivity contribution in [2.45, 2.75) is 39.3 Å². The molecule has 2 rings (SSSR count). The summed E-state index contributed by atoms with van der Waals surface area (Å²) < 4.78 is 5.38. The summed E-state index contributed by atoms with van der Waals surface area (Å²) in [7, 11) is 0. The minimum Gasteiger partial charge on any atom is -0.456 e. The zero-order valence-corrected chi connectivity index (χ0v) is 14.7. The van der Waals surface area contributed by atoms with E-state index < -0.39 is 11.6 Å². The van der Waals surface area contributed by atoms with Crippen LogP contribution in [0.1, 0.15) is 32.8 Å². The molecule has 1 heterocycles. The van der Waals surface area contributed by atoms with Gasteiger partial charge in [-0.1, -0.05) is 30.3 Å². The van der Waals surface area contributed by atoms with Gasteiger partial charge in [-0.25, -0.2) is 4.79 Å². The van der Waals surface area contributed by atoms with Gasteiger partial charge in [-0.15, -0.1) is 11.8 Å². The second kappa shape index (κ2) is 7.56. The number of benzene rings is 1. The Morgan fingerprint density at radius 2 is 2.04 bits per heavy atom. The molecule has 0 amide bonds. The molecule has 5 heteroatoms. The summed E-state index contributed by atoms with van der Waals surface area (Å²) >= 11 is 1.56. The molecule has 1 aromatic carbocycles. The lowest BCUT2D eigenvalue weighted by molar-refractivity contribution is -0.149. The van der Waals surface area contributed by atoms with Crippen molar-refractivity contribution in [3.05, 3.63) is 46.5 Å². The molecule has 23 heavy (non-hydrogen) atoms. The van der Waals surface area contributed by atoms with Crippen LogP contribution in [0.15, 0.2) is 40.9 Å². The number of nitrogens with zero attached hydrogens (tertiary/aromatic N) is 2. The minimum absolute atomic E-state index is 0.112. The molecule has 122 valence electrons. The Balaban J connectivity index is 2.27. The first-order valence-corrected chi connectivity index (χ1v) is 8.68. The predicted molar refractivity (Wildman–Crippen MR) is 92.4 cm³/mol. The largest absolute Gasteiger partial charge is 0.456 e. The zero-order chi connectivity index (χ0) is 16.9. The SMILES string of the molecule is CC(C)(C)OC(=O)/C(C#N)=C1\SCCCN1Cc1ccccc1. The molecule has 0 unspecified atom stereocenters. The van der Waals surface area contributed by atoms with Gasteiger partial charge in [-0.3, -0.25) is 0 Å². The van der Waals surface area contributed by atoms with E-state index in [0.717, 1.165) is 29.3 Å². The van der Waals surface area contributed by atoms with Crippen molar-refractivity contribution in [2.24, 2.45) is 0 Å². The Hall–Kier alpha value is -1.93. The van der Waals surface area contributed by atoms with Crippen LogP contribution >= 0.6 is 11.8 Å². The highest BCUT2D eigenvalue weighted by molar-refractivity contribution is 8.03. The molecule has 0 spiro atoms. The number of nitriles is 1. The number of thioether (sulfide) groups is 1. The molecule has 0 atom stereocenters. The second-order valence-corrected chi connectivity index (χ2v) is 7.49. The van der Waals surface area contributed by atoms with E-state index in [9.17, 15) is 10.1 Å². The first-order valence-electron chi connectivity index (χ1n) is 7.70. The van der Waals surface area contributed by atoms with E-state index in [1.54, 1.807) is 32.5 Å². The molecule has 0 N–H and O–H groups in total. The van der Waals surface area contributed by atoms with Gasteiger partial charge in [0.15, 0.2) is 5.57 Å². The summed E-state index contributed by atoms with van der Waals surface area (Å²) in [6, 6.07) is 12.1. The third-order valence-corrected chi connectivity index (χ3v) is 4.47. The molecule has 0 radical (unpaired) electrons. The molecule has 1 fully saturated rings. The number of hydrogen-bond donors (Lipinski definition) is 0. The third-order valence-electron chi connectivity index (χ3n) is 3.24. The van der Waals surface area contributed by atoms with Crippen LogP contribution in [-0.2, 0) is 16.1 Å². The summed E-state index contributed by atoms with van der Waals surface area (Å²) in [5.74, 6) is 0.372. The number of carbonyl (C=O) groups excluding carboxylic acids is 1. The average Bonchev–Trinajstić information content (AvgIpc) is 2.49. The van der Waals surface area contributed by atoms with Crippen LogP contribution in [0.2, 0.25) is 0 Å². The van der Waals surface area contributed by atoms with Crippen LogP contribution in [0.4, 0.5) is 0 Å². The fraction of sp³-hybridized carbons (Fsp3) is 0.444. The van der Waals surface area contributed by atoms with Gasteiger partial charge in [-0.05, 0) is 32.8 Å². The second-order valence-electron chi connectivity index (χ2n) is 6.40. The van der Waals surface area contributed by atoms with Crippen LogP contribution in [0.25, 0.3) is 0 Å². The molecular weight excluding hydrogens is 308 g/mol. The van der Waals surface area contributed by atoms with E-state index in [-0.39, 0.29) is 5.57 Å². The Labute approximate surface area is 142 Å². The van der Waals surface area contributed by atoms with Crippen molar-refractivity contribution >= 4 is 17.7 Å². The molecule has 0 bridgehead atoms. The third kappa shape index (κ3) is 5.04. The topological polar surface area (TPSA) is 53.3 Å². The summed E-state index contributed by atoms with van der Waals surface area (Å²) in [6.45, 7) is 6.95. The molecule has 1 saturated heterocycles. The van der Waals surface area contributed by atoms with Gasteiger partial charge in [-0.2, -0.15) is 5.26 Å². The van der Waals surface area contributed by atoms with Crippen LogP contribution in [0.3, 0.4) is 0 Å². The summed E-state index contributed by atoms with van der Waals surface area (Å²) in [5, 5.41) is 10.2. The van der Waals surface area contributed by atoms with Gasteiger partial charge in [0.05, 0.1) is 5.03 Å². The molecular formula is C18H22N2O2S. The number of rotatable bonds is 3. The summed E-state index contributed by atoms with van der Waals surface area (Å²) in [6.07, 6.45) is 1.04. The van der Waals surface area contributed by atoms with Gasteiger partial charge in [0, 0.05) is 18.8 Å². The quantitative estimate of drug-likeness (QED) is 0.480. The van der Waals surface area contributed by atoms with Crippen LogP contribution < -0.4 is 0 Å². The van der Waals surface area contributed by atoms with Crippen molar-refractivity contribution < 1.29 is 9.53 Å². The maximum absolute atomic E-state index is 12.3. The lowest BCUT2D eigenvalue weighted by Gasteiger charge is -2.32. The van der Waals surface area contributed by atoms with Gasteiger partial charge in [0.25, 0.3) is 0 Å². The zero-order valence-electron chi connectivity index (χ0n) is 13.8. The highest BCUT2D eigenvalue weighted by Gasteiger charge is 2.27. The first kappa shape index (κ1) is 17.4. The first-order chi connectivity index (χ1) is 10.9. The molecule has 1 aliphatic rings. The highest BCUT2D eigenvalue weighted by atomic mass is 32.2. The van der Waals surface area contributed by atoms with Crippen LogP contribution in [-0.4, -0.2) is 28.8 Å². The average molecular weight is 330 g/mol. The van der Waals surface area contributed by atoms with E-state index in [1.165, 1.54) is 0 Å². The number of hydrogen-bond acceptors (Lipinski definition) is 5. The molecule has 0 aromatic heterocycles. The van der Waals surface area contributed by atoms with Crippen LogP contribution in [0.5, 0.6) is 0 Å². The fourth-order valence-corrected chi connectivity index (χ4v) is 3.39. The fourth-order valence-electron chi connectivity index (χ4n) is 2.31. The Bertz CT molecular complexity index is 627. The summed E-state index contributed by atoms with van der Waals surface area (Å²) in [5.41, 5.74) is 0.665. The lowest BCUT2D eigenvalue weighted by Crippen LogP contribution is -2.31. The van der Waals surface area contributed by atoms with Gasteiger partial charge in [0.1, 0.15) is 11.7 Å². The van der Waals surface area contributed by atoms with E-state index in [4.69, 9.17) is 4.74 Å². The van der Waals surface area contributed by atoms with E-state index in [2.05, 4.69) is 23.1 Å². The van der Waals surface area contributed by atoms with E-state index in [0.29, 0.717) is 6.54 Å². The minimum atomic E-state index is -0.608. The van der Waals surface area contributed by atoms with Crippen LogP contribution in [0, 0.1) is 11.3 Å². The van der Waals surface area contributed by atoms with E-state index >= 15 is 0 Å². The van der Waals surface area contributed by atoms with Crippen molar-refractivity contribution in [3.63, 3.8) is 0 Å². The lowest BCUT2D eigenvalue weighted by atomic mass is 10.2. The maximum Gasteiger partial charge on any atom is 0.352 e. The Kier molecular flexibility index (Phi) is 5.73. The van der Waals surface area contributed by atoms with Crippen molar-refractivity contribution in [1.29, 1.82) is 5.26 Å². The van der Waals surface area contributed by atoms with Crippen molar-refractivity contribution in [3.8, 4) is 6.07 Å². The predicted octanol–water partition coefficient (Wildman–Crippen LogP) is 3.70. The number of carbonyl (C=O) groups is 1. The van der Waals surface area contributed by atoms with Crippen molar-refractivity contribution in [2.75, 3.05) is 12.3 Å². The number of ether oxygens (including phenoxy) is 1. The number of esters is 1. The normalized spacial score (nSPS) is 17.4. The van der Waals surface area contributed by atoms with Gasteiger partial charge in [0.2, 0.25) is 0 Å². The standard InChI is InChI=1S/C18H22N2O2S/c1-18(2,3)22-17(21)15(12-19)16-20(10-7-11-23-16)13-14-8-5-4-6-9-14/h4-6,8-9H,7,10-11,13H2,1-3H3/b16-15-. The van der Waals surface area contributed by atoms with Gasteiger partial charge < -0.3 is 9.64 Å². The molecule has 1 aromatic rings. The van der Waals surface area contributed by atoms with Gasteiger partial charge >= 0.3 is 5.97 Å². The molecule has 1 aliphatic heterocycles. The molecule has 0 aliphatic carbocycles. The monoisotopic (exact) mass is 330 g/mol. The van der Waals surface area contributed by atoms with E-state index in [1.807, 2.05) is 18.2 Å². The smallest absolute Gasteiger partial charge is 0.352 e. The van der Waals surface area contributed by atoms with Crippen molar-refractivity contribution in [1.82, 2.24) is 4.90 Å². The summed E-state index contributed by atoms with van der Waals surface area (Å²) in [4.78, 5) is 14.4. The maximum atomic E-state index is 12.3. The Morgan fingerprint density at radius 1 is 1.35 bits per heavy atom. The molecule has 4 nitrogen and oxygen atoms in total. The molecule has 0 saturated carbocycles. The highest BCUT2D eigenvalue weighted by Crippen LogP contribution is 2.32. The Morgan fingerprint density at radius 3 is 2.65 bits per heavy atom.